The molecule has 1 unspecified atom stereocenters. The highest BCUT2D eigenvalue weighted by Crippen LogP contribution is 1.91. The van der Waals surface area contributed by atoms with Gasteiger partial charge in [-0.15, -0.1) is 0 Å². The number of unbranched alkanes of at least 4 members (excludes halogenated alkanes) is 1. The Balaban J connectivity index is 2.02. The van der Waals surface area contributed by atoms with E-state index in [2.05, 4.69) is 22.3 Å². The van der Waals surface area contributed by atoms with Crippen LogP contribution in [0, 0.1) is 0 Å². The molecule has 0 spiro atoms. The van der Waals surface area contributed by atoms with Crippen molar-refractivity contribution in [1.29, 1.82) is 0 Å². The summed E-state index contributed by atoms with van der Waals surface area (Å²) in [6.45, 7) is 4.26. The van der Waals surface area contributed by atoms with Crippen molar-refractivity contribution >= 4 is 0 Å². The molecule has 0 saturated carbocycles. The summed E-state index contributed by atoms with van der Waals surface area (Å²) in [4.78, 5) is 4.08. The minimum absolute atomic E-state index is 0.378. The van der Waals surface area contributed by atoms with E-state index in [1.165, 1.54) is 0 Å². The van der Waals surface area contributed by atoms with Gasteiger partial charge in [-0.05, 0) is 6.42 Å². The number of aryl methyl sites for hydroxylation is 1. The molecule has 1 heterocycles. The Kier molecular flexibility index (Phi) is 6.76. The van der Waals surface area contributed by atoms with Gasteiger partial charge in [-0.3, -0.25) is 4.68 Å². The Labute approximate surface area is 102 Å². The molecule has 0 aliphatic rings. The lowest BCUT2D eigenvalue weighted by Gasteiger charge is -2.11. The maximum absolute atomic E-state index is 9.60. The molecule has 2 N–H and O–H groups in total. The SMILES string of the molecule is CCCCOCC(O)CNCc1ncn(C)n1. The number of hydrogen-bond acceptors (Lipinski definition) is 5. The quantitative estimate of drug-likeness (QED) is 0.600. The molecule has 1 aromatic rings. The normalized spacial score (nSPS) is 12.9. The van der Waals surface area contributed by atoms with E-state index in [0.717, 1.165) is 25.3 Å². The molecule has 0 aromatic carbocycles. The summed E-state index contributed by atoms with van der Waals surface area (Å²) in [5, 5.41) is 16.8. The second kappa shape index (κ2) is 8.16. The summed E-state index contributed by atoms with van der Waals surface area (Å²) in [5.41, 5.74) is 0. The zero-order chi connectivity index (χ0) is 12.5. The molecule has 0 fully saturated rings. The van der Waals surface area contributed by atoms with Crippen molar-refractivity contribution in [3.8, 4) is 0 Å². The van der Waals surface area contributed by atoms with E-state index in [1.807, 2.05) is 7.05 Å². The van der Waals surface area contributed by atoms with E-state index in [1.54, 1.807) is 11.0 Å². The average molecular weight is 242 g/mol. The molecular weight excluding hydrogens is 220 g/mol. The Morgan fingerprint density at radius 3 is 3.06 bits per heavy atom. The third-order valence-electron chi connectivity index (χ3n) is 2.26. The van der Waals surface area contributed by atoms with Gasteiger partial charge in [0.25, 0.3) is 0 Å². The summed E-state index contributed by atoms with van der Waals surface area (Å²) in [6, 6.07) is 0. The van der Waals surface area contributed by atoms with Gasteiger partial charge in [0, 0.05) is 20.2 Å². The predicted octanol–water partition coefficient (Wildman–Crippen LogP) is 0.0823. The molecule has 0 aliphatic heterocycles. The minimum Gasteiger partial charge on any atom is -0.389 e. The van der Waals surface area contributed by atoms with Gasteiger partial charge in [-0.1, -0.05) is 13.3 Å². The number of aliphatic hydroxyl groups excluding tert-OH is 1. The standard InChI is InChI=1S/C11H22N4O2/c1-3-4-5-17-8-10(16)6-12-7-11-13-9-15(2)14-11/h9-10,12,16H,3-8H2,1-2H3. The fraction of sp³-hybridized carbons (Fsp3) is 0.818. The van der Waals surface area contributed by atoms with Crippen LogP contribution in [0.4, 0.5) is 0 Å². The van der Waals surface area contributed by atoms with Crippen LogP contribution in [0.1, 0.15) is 25.6 Å². The molecule has 0 saturated heterocycles. The molecule has 0 radical (unpaired) electrons. The van der Waals surface area contributed by atoms with Gasteiger partial charge in [0.05, 0.1) is 19.3 Å². The van der Waals surface area contributed by atoms with Crippen molar-refractivity contribution < 1.29 is 9.84 Å². The molecule has 6 heteroatoms. The van der Waals surface area contributed by atoms with Gasteiger partial charge in [-0.25, -0.2) is 4.98 Å². The first-order valence-electron chi connectivity index (χ1n) is 6.03. The second-order valence-corrected chi connectivity index (χ2v) is 4.05. The molecule has 98 valence electrons. The van der Waals surface area contributed by atoms with Crippen molar-refractivity contribution in [3.63, 3.8) is 0 Å². The largest absolute Gasteiger partial charge is 0.389 e. The van der Waals surface area contributed by atoms with E-state index >= 15 is 0 Å². The van der Waals surface area contributed by atoms with Crippen molar-refractivity contribution in [1.82, 2.24) is 20.1 Å². The van der Waals surface area contributed by atoms with Crippen molar-refractivity contribution in [2.75, 3.05) is 19.8 Å². The molecule has 17 heavy (non-hydrogen) atoms. The topological polar surface area (TPSA) is 72.2 Å². The second-order valence-electron chi connectivity index (χ2n) is 4.05. The van der Waals surface area contributed by atoms with E-state index in [-0.39, 0.29) is 0 Å². The molecule has 1 atom stereocenters. The fourth-order valence-corrected chi connectivity index (χ4v) is 1.34. The van der Waals surface area contributed by atoms with Crippen LogP contribution in [0.3, 0.4) is 0 Å². The lowest BCUT2D eigenvalue weighted by Crippen LogP contribution is -2.30. The smallest absolute Gasteiger partial charge is 0.164 e. The number of hydrogen-bond donors (Lipinski definition) is 2. The summed E-state index contributed by atoms with van der Waals surface area (Å²) in [5.74, 6) is 0.728. The van der Waals surface area contributed by atoms with Crippen LogP contribution in [-0.4, -0.2) is 45.7 Å². The maximum atomic E-state index is 9.60. The van der Waals surface area contributed by atoms with E-state index in [9.17, 15) is 5.11 Å². The molecule has 6 nitrogen and oxygen atoms in total. The zero-order valence-electron chi connectivity index (χ0n) is 10.6. The highest BCUT2D eigenvalue weighted by atomic mass is 16.5. The van der Waals surface area contributed by atoms with Crippen molar-refractivity contribution in [2.24, 2.45) is 7.05 Å². The zero-order valence-corrected chi connectivity index (χ0v) is 10.6. The first-order valence-corrected chi connectivity index (χ1v) is 6.03. The van der Waals surface area contributed by atoms with Gasteiger partial charge in [0.1, 0.15) is 6.33 Å². The Morgan fingerprint density at radius 1 is 1.59 bits per heavy atom. The predicted molar refractivity (Wildman–Crippen MR) is 64.4 cm³/mol. The number of aromatic nitrogens is 3. The first kappa shape index (κ1) is 14.1. The van der Waals surface area contributed by atoms with Crippen LogP contribution >= 0.6 is 0 Å². The lowest BCUT2D eigenvalue weighted by atomic mass is 10.3. The highest BCUT2D eigenvalue weighted by Gasteiger charge is 2.04. The summed E-state index contributed by atoms with van der Waals surface area (Å²) < 4.78 is 6.97. The number of aliphatic hydroxyl groups is 1. The monoisotopic (exact) mass is 242 g/mol. The summed E-state index contributed by atoms with van der Waals surface area (Å²) in [6.07, 6.45) is 3.33. The maximum Gasteiger partial charge on any atom is 0.164 e. The van der Waals surface area contributed by atoms with Crippen LogP contribution in [0.5, 0.6) is 0 Å². The average Bonchev–Trinajstić information content (AvgIpc) is 2.71. The van der Waals surface area contributed by atoms with Crippen LogP contribution < -0.4 is 5.32 Å². The highest BCUT2D eigenvalue weighted by molar-refractivity contribution is 4.80. The van der Waals surface area contributed by atoms with Gasteiger partial charge in [0.15, 0.2) is 5.82 Å². The van der Waals surface area contributed by atoms with Crippen molar-refractivity contribution in [2.45, 2.75) is 32.4 Å². The molecule has 0 amide bonds. The van der Waals surface area contributed by atoms with Crippen LogP contribution in [0.2, 0.25) is 0 Å². The molecule has 1 rings (SSSR count). The third-order valence-corrected chi connectivity index (χ3v) is 2.26. The summed E-state index contributed by atoms with van der Waals surface area (Å²) >= 11 is 0. The van der Waals surface area contributed by atoms with E-state index < -0.39 is 6.10 Å². The Morgan fingerprint density at radius 2 is 2.41 bits per heavy atom. The minimum atomic E-state index is -0.476. The Hall–Kier alpha value is -0.980. The lowest BCUT2D eigenvalue weighted by molar-refractivity contribution is 0.0357. The molecule has 1 aromatic heterocycles. The van der Waals surface area contributed by atoms with Gasteiger partial charge >= 0.3 is 0 Å². The van der Waals surface area contributed by atoms with Gasteiger partial charge in [-0.2, -0.15) is 5.10 Å². The van der Waals surface area contributed by atoms with Crippen LogP contribution in [0.15, 0.2) is 6.33 Å². The number of nitrogens with zero attached hydrogens (tertiary/aromatic N) is 3. The molecule has 0 aliphatic carbocycles. The van der Waals surface area contributed by atoms with Crippen LogP contribution in [-0.2, 0) is 18.3 Å². The number of ether oxygens (including phenoxy) is 1. The van der Waals surface area contributed by atoms with Gasteiger partial charge < -0.3 is 15.2 Å². The fourth-order valence-electron chi connectivity index (χ4n) is 1.34. The van der Waals surface area contributed by atoms with E-state index in [0.29, 0.717) is 19.7 Å². The van der Waals surface area contributed by atoms with Crippen LogP contribution in [0.25, 0.3) is 0 Å². The van der Waals surface area contributed by atoms with E-state index in [4.69, 9.17) is 4.74 Å². The van der Waals surface area contributed by atoms with Crippen molar-refractivity contribution in [3.05, 3.63) is 12.2 Å². The molecular formula is C11H22N4O2. The number of nitrogens with one attached hydrogen (secondary N) is 1. The number of rotatable bonds is 9. The first-order chi connectivity index (χ1) is 8.22. The van der Waals surface area contributed by atoms with Gasteiger partial charge in [0.2, 0.25) is 0 Å². The molecule has 0 bridgehead atoms. The summed E-state index contributed by atoms with van der Waals surface area (Å²) in [7, 11) is 1.83. The Bertz CT molecular complexity index is 303. The third kappa shape index (κ3) is 6.35.